The Bertz CT molecular complexity index is 983. The first-order chi connectivity index (χ1) is 11.7. The van der Waals surface area contributed by atoms with Crippen LogP contribution in [0.5, 0.6) is 0 Å². The fraction of sp³-hybridized carbons (Fsp3) is 0.333. The van der Waals surface area contributed by atoms with E-state index >= 15 is 0 Å². The molecule has 0 radical (unpaired) electrons. The number of sulfonamides is 1. The second-order valence-corrected chi connectivity index (χ2v) is 10.5. The summed E-state index contributed by atoms with van der Waals surface area (Å²) in [6.07, 6.45) is 0.307. The SMILES string of the molecule is Cc1ccc(S(=O)(=O)N(c2ccccc2)[C@H]2CCS(=O)(=O)C2)c(C)c1. The molecule has 3 rings (SSSR count). The fourth-order valence-electron chi connectivity index (χ4n) is 3.28. The fourth-order valence-corrected chi connectivity index (χ4v) is 6.96. The van der Waals surface area contributed by atoms with Crippen LogP contribution in [0.2, 0.25) is 0 Å². The topological polar surface area (TPSA) is 71.5 Å². The highest BCUT2D eigenvalue weighted by molar-refractivity contribution is 7.93. The molecular formula is C18H21NO4S2. The second-order valence-electron chi connectivity index (χ2n) is 6.46. The molecule has 0 spiro atoms. The molecule has 1 aliphatic rings. The summed E-state index contributed by atoms with van der Waals surface area (Å²) in [5.74, 6) is -0.130. The molecule has 2 aromatic carbocycles. The zero-order chi connectivity index (χ0) is 18.2. The maximum atomic E-state index is 13.4. The minimum absolute atomic E-state index is 0.0173. The molecule has 5 nitrogen and oxygen atoms in total. The number of nitrogens with zero attached hydrogens (tertiary/aromatic N) is 1. The van der Waals surface area contributed by atoms with Gasteiger partial charge in [-0.05, 0) is 44.0 Å². The first-order valence-electron chi connectivity index (χ1n) is 8.08. The first-order valence-corrected chi connectivity index (χ1v) is 11.3. The number of anilines is 1. The predicted molar refractivity (Wildman–Crippen MR) is 99.1 cm³/mol. The Kier molecular flexibility index (Phi) is 4.64. The van der Waals surface area contributed by atoms with Crippen molar-refractivity contribution in [3.05, 3.63) is 59.7 Å². The molecule has 1 atom stereocenters. The van der Waals surface area contributed by atoms with E-state index in [1.54, 1.807) is 49.4 Å². The van der Waals surface area contributed by atoms with E-state index in [1.807, 2.05) is 13.0 Å². The quantitative estimate of drug-likeness (QED) is 0.819. The summed E-state index contributed by atoms with van der Waals surface area (Å²) in [6.45, 7) is 3.66. The normalized spacial score (nSPS) is 19.7. The van der Waals surface area contributed by atoms with Crippen molar-refractivity contribution in [2.45, 2.75) is 31.2 Å². The van der Waals surface area contributed by atoms with Gasteiger partial charge < -0.3 is 0 Å². The smallest absolute Gasteiger partial charge is 0.262 e. The van der Waals surface area contributed by atoms with E-state index in [4.69, 9.17) is 0 Å². The third-order valence-electron chi connectivity index (χ3n) is 4.42. The molecule has 1 fully saturated rings. The van der Waals surface area contributed by atoms with Gasteiger partial charge in [-0.2, -0.15) is 0 Å². The Morgan fingerprint density at radius 2 is 1.72 bits per heavy atom. The lowest BCUT2D eigenvalue weighted by Gasteiger charge is -2.30. The minimum atomic E-state index is -3.87. The Morgan fingerprint density at radius 1 is 1.04 bits per heavy atom. The average Bonchev–Trinajstić information content (AvgIpc) is 2.87. The van der Waals surface area contributed by atoms with Crippen molar-refractivity contribution in [3.63, 3.8) is 0 Å². The van der Waals surface area contributed by atoms with Crippen LogP contribution in [0, 0.1) is 13.8 Å². The molecule has 7 heteroatoms. The van der Waals surface area contributed by atoms with Crippen LogP contribution < -0.4 is 4.31 Å². The zero-order valence-corrected chi connectivity index (χ0v) is 15.8. The number of benzene rings is 2. The summed E-state index contributed by atoms with van der Waals surface area (Å²) < 4.78 is 51.9. The Hall–Kier alpha value is -1.86. The first kappa shape index (κ1) is 17.9. The van der Waals surface area contributed by atoms with Crippen molar-refractivity contribution in [1.29, 1.82) is 0 Å². The van der Waals surface area contributed by atoms with Gasteiger partial charge in [0.25, 0.3) is 10.0 Å². The molecule has 0 saturated carbocycles. The third kappa shape index (κ3) is 3.57. The van der Waals surface area contributed by atoms with Gasteiger partial charge in [0.05, 0.1) is 28.1 Å². The van der Waals surface area contributed by atoms with E-state index in [0.717, 1.165) is 5.56 Å². The summed E-state index contributed by atoms with van der Waals surface area (Å²) in [4.78, 5) is 0.214. The predicted octanol–water partition coefficient (Wildman–Crippen LogP) is 2.69. The number of para-hydroxylation sites is 1. The largest absolute Gasteiger partial charge is 0.264 e. The van der Waals surface area contributed by atoms with Gasteiger partial charge in [-0.1, -0.05) is 35.9 Å². The summed E-state index contributed by atoms with van der Waals surface area (Å²) in [7, 11) is -7.08. The summed E-state index contributed by atoms with van der Waals surface area (Å²) in [5.41, 5.74) is 2.12. The van der Waals surface area contributed by atoms with E-state index in [-0.39, 0.29) is 16.4 Å². The zero-order valence-electron chi connectivity index (χ0n) is 14.2. The van der Waals surface area contributed by atoms with E-state index in [9.17, 15) is 16.8 Å². The van der Waals surface area contributed by atoms with Crippen molar-refractivity contribution in [2.24, 2.45) is 0 Å². The summed E-state index contributed by atoms with van der Waals surface area (Å²) in [6, 6.07) is 13.3. The number of hydrogen-bond donors (Lipinski definition) is 0. The maximum absolute atomic E-state index is 13.4. The highest BCUT2D eigenvalue weighted by atomic mass is 32.2. The van der Waals surface area contributed by atoms with Crippen LogP contribution >= 0.6 is 0 Å². The van der Waals surface area contributed by atoms with Gasteiger partial charge in [0.1, 0.15) is 0 Å². The van der Waals surface area contributed by atoms with Crippen LogP contribution in [-0.2, 0) is 19.9 Å². The lowest BCUT2D eigenvalue weighted by molar-refractivity contribution is 0.579. The van der Waals surface area contributed by atoms with E-state index in [2.05, 4.69) is 0 Å². The van der Waals surface area contributed by atoms with Gasteiger partial charge in [-0.15, -0.1) is 0 Å². The molecule has 1 heterocycles. The van der Waals surface area contributed by atoms with Gasteiger partial charge in [0, 0.05) is 0 Å². The van der Waals surface area contributed by atoms with Gasteiger partial charge in [-0.3, -0.25) is 4.31 Å². The van der Waals surface area contributed by atoms with Crippen molar-refractivity contribution >= 4 is 25.5 Å². The molecule has 2 aromatic rings. The van der Waals surface area contributed by atoms with Crippen LogP contribution in [0.3, 0.4) is 0 Å². The second kappa shape index (κ2) is 6.46. The van der Waals surface area contributed by atoms with Crippen LogP contribution in [0.15, 0.2) is 53.4 Å². The summed E-state index contributed by atoms with van der Waals surface area (Å²) >= 11 is 0. The van der Waals surface area contributed by atoms with Crippen LogP contribution in [0.25, 0.3) is 0 Å². The van der Waals surface area contributed by atoms with Gasteiger partial charge in [-0.25, -0.2) is 16.8 Å². The Labute approximate surface area is 149 Å². The molecule has 0 aromatic heterocycles. The standard InChI is InChI=1S/C18H21NO4S2/c1-14-8-9-18(15(2)12-14)25(22,23)19(16-6-4-3-5-7-16)17-10-11-24(20,21)13-17/h3-9,12,17H,10-11,13H2,1-2H3/t17-/m0/s1. The molecule has 0 N–H and O–H groups in total. The van der Waals surface area contributed by atoms with Crippen LogP contribution in [-0.4, -0.2) is 34.4 Å². The van der Waals surface area contributed by atoms with Crippen LogP contribution in [0.4, 0.5) is 5.69 Å². The molecule has 0 amide bonds. The number of aryl methyl sites for hydroxylation is 2. The molecule has 0 bridgehead atoms. The molecular weight excluding hydrogens is 358 g/mol. The van der Waals surface area contributed by atoms with Gasteiger partial charge >= 0.3 is 0 Å². The lowest BCUT2D eigenvalue weighted by atomic mass is 10.2. The Balaban J connectivity index is 2.14. The van der Waals surface area contributed by atoms with E-state index in [0.29, 0.717) is 17.7 Å². The molecule has 25 heavy (non-hydrogen) atoms. The summed E-state index contributed by atoms with van der Waals surface area (Å²) in [5, 5.41) is 0. The van der Waals surface area contributed by atoms with E-state index in [1.165, 1.54) is 4.31 Å². The lowest BCUT2D eigenvalue weighted by Crippen LogP contribution is -2.41. The van der Waals surface area contributed by atoms with Crippen molar-refractivity contribution in [2.75, 3.05) is 15.8 Å². The Morgan fingerprint density at radius 3 is 2.28 bits per heavy atom. The van der Waals surface area contributed by atoms with Crippen molar-refractivity contribution in [1.82, 2.24) is 0 Å². The van der Waals surface area contributed by atoms with Gasteiger partial charge in [0.15, 0.2) is 9.84 Å². The highest BCUT2D eigenvalue weighted by Crippen LogP contribution is 2.32. The van der Waals surface area contributed by atoms with E-state index < -0.39 is 25.9 Å². The van der Waals surface area contributed by atoms with Crippen molar-refractivity contribution < 1.29 is 16.8 Å². The molecule has 134 valence electrons. The third-order valence-corrected chi connectivity index (χ3v) is 8.21. The molecule has 0 aliphatic carbocycles. The highest BCUT2D eigenvalue weighted by Gasteiger charge is 2.39. The monoisotopic (exact) mass is 379 g/mol. The number of sulfone groups is 1. The van der Waals surface area contributed by atoms with Crippen molar-refractivity contribution in [3.8, 4) is 0 Å². The number of hydrogen-bond acceptors (Lipinski definition) is 4. The molecule has 1 saturated heterocycles. The van der Waals surface area contributed by atoms with Crippen LogP contribution in [0.1, 0.15) is 17.5 Å². The maximum Gasteiger partial charge on any atom is 0.264 e. The molecule has 1 aliphatic heterocycles. The number of rotatable bonds is 4. The minimum Gasteiger partial charge on any atom is -0.262 e. The molecule has 0 unspecified atom stereocenters. The van der Waals surface area contributed by atoms with Gasteiger partial charge in [0.2, 0.25) is 0 Å². The average molecular weight is 380 g/mol.